The molecule has 0 saturated carbocycles. The van der Waals surface area contributed by atoms with Gasteiger partial charge in [0.1, 0.15) is 17.8 Å². The number of aromatic nitrogens is 3. The molecule has 11 heteroatoms. The largest absolute Gasteiger partial charge is 0.382 e. The van der Waals surface area contributed by atoms with Crippen molar-refractivity contribution >= 4 is 29.2 Å². The van der Waals surface area contributed by atoms with Crippen LogP contribution in [0.4, 0.5) is 27.7 Å². The molecule has 2 aromatic rings. The van der Waals surface area contributed by atoms with Crippen LogP contribution in [0.1, 0.15) is 30.6 Å². The molecular formula is C24H35FN8O2. The third-order valence-electron chi connectivity index (χ3n) is 6.42. The van der Waals surface area contributed by atoms with Crippen LogP contribution in [0.25, 0.3) is 0 Å². The van der Waals surface area contributed by atoms with E-state index in [2.05, 4.69) is 30.5 Å². The van der Waals surface area contributed by atoms with Gasteiger partial charge in [-0.25, -0.2) is 14.4 Å². The second-order valence-electron chi connectivity index (χ2n) is 9.63. The molecule has 4 rings (SSSR count). The number of methoxy groups -OCH3 is 1. The summed E-state index contributed by atoms with van der Waals surface area (Å²) in [6.45, 7) is 6.26. The highest BCUT2D eigenvalue weighted by Gasteiger charge is 2.34. The molecule has 0 unspecified atom stereocenters. The average molecular weight is 487 g/mol. The Morgan fingerprint density at radius 3 is 2.66 bits per heavy atom. The van der Waals surface area contributed by atoms with Crippen LogP contribution in [0.15, 0.2) is 24.5 Å². The van der Waals surface area contributed by atoms with E-state index in [0.717, 1.165) is 0 Å². The lowest BCUT2D eigenvalue weighted by molar-refractivity contribution is 0.0194. The van der Waals surface area contributed by atoms with E-state index in [9.17, 15) is 9.18 Å². The fraction of sp³-hybridized carbons (Fsp3) is 0.583. The molecule has 10 nitrogen and oxygen atoms in total. The van der Waals surface area contributed by atoms with Crippen LogP contribution in [0.3, 0.4) is 0 Å². The van der Waals surface area contributed by atoms with Crippen LogP contribution in [0.2, 0.25) is 0 Å². The van der Waals surface area contributed by atoms with Gasteiger partial charge in [-0.2, -0.15) is 4.98 Å². The number of hydrogen-bond acceptors (Lipinski definition) is 9. The first kappa shape index (κ1) is 25.1. The Bertz CT molecular complexity index is 1030. The van der Waals surface area contributed by atoms with Crippen LogP contribution >= 0.6 is 0 Å². The number of nitrogens with one attached hydrogen (secondary N) is 2. The number of anilines is 4. The molecule has 2 N–H and O–H groups in total. The molecule has 2 fully saturated rings. The SMILES string of the molecule is CO[C@H]1CCN(c2nccc(Nc3cc(NC(C)C)c(C(=O)N4CC(N(C)C)C4)cn3)n2)C[C@H]1F. The van der Waals surface area contributed by atoms with Gasteiger partial charge in [-0.15, -0.1) is 0 Å². The van der Waals surface area contributed by atoms with Crippen molar-refractivity contribution < 1.29 is 13.9 Å². The molecule has 1 amide bonds. The zero-order chi connectivity index (χ0) is 25.1. The third-order valence-corrected chi connectivity index (χ3v) is 6.42. The molecule has 2 aliphatic rings. The average Bonchev–Trinajstić information content (AvgIpc) is 2.77. The molecule has 2 aromatic heterocycles. The Hall–Kier alpha value is -3.05. The minimum Gasteiger partial charge on any atom is -0.382 e. The summed E-state index contributed by atoms with van der Waals surface area (Å²) in [5, 5.41) is 6.56. The monoisotopic (exact) mass is 486 g/mol. The number of likely N-dealkylation sites (tertiary alicyclic amines) is 1. The number of rotatable bonds is 8. The highest BCUT2D eigenvalue weighted by molar-refractivity contribution is 6.00. The third kappa shape index (κ3) is 5.79. The van der Waals surface area contributed by atoms with E-state index in [4.69, 9.17) is 4.74 Å². The summed E-state index contributed by atoms with van der Waals surface area (Å²) in [4.78, 5) is 32.2. The van der Waals surface area contributed by atoms with Crippen molar-refractivity contribution in [2.75, 3.05) is 62.9 Å². The minimum atomic E-state index is -1.09. The van der Waals surface area contributed by atoms with Crippen LogP contribution in [0, 0.1) is 0 Å². The number of nitrogens with zero attached hydrogens (tertiary/aromatic N) is 6. The summed E-state index contributed by atoms with van der Waals surface area (Å²) < 4.78 is 19.5. The Morgan fingerprint density at radius 1 is 1.23 bits per heavy atom. The highest BCUT2D eigenvalue weighted by atomic mass is 19.1. The normalized spacial score (nSPS) is 20.8. The van der Waals surface area contributed by atoms with Crippen LogP contribution < -0.4 is 15.5 Å². The van der Waals surface area contributed by atoms with Gasteiger partial charge in [0.25, 0.3) is 5.91 Å². The summed E-state index contributed by atoms with van der Waals surface area (Å²) in [6.07, 6.45) is 2.33. The fourth-order valence-corrected chi connectivity index (χ4v) is 4.27. The first-order chi connectivity index (χ1) is 16.7. The number of piperidine rings is 1. The molecule has 0 aliphatic carbocycles. The second kappa shape index (κ2) is 10.7. The Morgan fingerprint density at radius 2 is 2.00 bits per heavy atom. The van der Waals surface area contributed by atoms with Gasteiger partial charge >= 0.3 is 0 Å². The first-order valence-corrected chi connectivity index (χ1v) is 12.0. The number of halogens is 1. The quantitative estimate of drug-likeness (QED) is 0.583. The smallest absolute Gasteiger partial charge is 0.257 e. The van der Waals surface area contributed by atoms with E-state index in [1.807, 2.05) is 43.8 Å². The molecule has 0 radical (unpaired) electrons. The van der Waals surface area contributed by atoms with Gasteiger partial charge in [-0.1, -0.05) is 0 Å². The molecule has 190 valence electrons. The highest BCUT2D eigenvalue weighted by Crippen LogP contribution is 2.26. The van der Waals surface area contributed by atoms with Gasteiger partial charge in [-0.3, -0.25) is 4.79 Å². The van der Waals surface area contributed by atoms with E-state index in [1.165, 1.54) is 7.11 Å². The van der Waals surface area contributed by atoms with Gasteiger partial charge < -0.3 is 30.1 Å². The molecule has 2 aliphatic heterocycles. The van der Waals surface area contributed by atoms with E-state index in [-0.39, 0.29) is 18.5 Å². The van der Waals surface area contributed by atoms with Gasteiger partial charge in [0, 0.05) is 57.3 Å². The summed E-state index contributed by atoms with van der Waals surface area (Å²) in [6, 6.07) is 4.07. The number of amides is 1. The number of hydrogen-bond donors (Lipinski definition) is 2. The number of carbonyl (C=O) groups is 1. The maximum absolute atomic E-state index is 14.3. The Kier molecular flexibility index (Phi) is 7.66. The molecule has 2 saturated heterocycles. The predicted molar refractivity (Wildman–Crippen MR) is 134 cm³/mol. The van der Waals surface area contributed by atoms with Crippen molar-refractivity contribution in [3.8, 4) is 0 Å². The number of carbonyl (C=O) groups excluding carboxylic acids is 1. The molecule has 0 spiro atoms. The van der Waals surface area contributed by atoms with Crippen molar-refractivity contribution in [3.63, 3.8) is 0 Å². The van der Waals surface area contributed by atoms with Crippen molar-refractivity contribution in [3.05, 3.63) is 30.1 Å². The van der Waals surface area contributed by atoms with E-state index in [0.29, 0.717) is 60.9 Å². The predicted octanol–water partition coefficient (Wildman–Crippen LogP) is 2.38. The molecule has 2 atom stereocenters. The van der Waals surface area contributed by atoms with Gasteiger partial charge in [0.15, 0.2) is 0 Å². The molecule has 0 aromatic carbocycles. The molecule has 4 heterocycles. The molecule has 0 bridgehead atoms. The summed E-state index contributed by atoms with van der Waals surface area (Å²) in [7, 11) is 5.58. The van der Waals surface area contributed by atoms with Gasteiger partial charge in [0.2, 0.25) is 5.95 Å². The topological polar surface area (TPSA) is 98.8 Å². The minimum absolute atomic E-state index is 0.0325. The first-order valence-electron chi connectivity index (χ1n) is 12.0. The number of pyridine rings is 1. The van der Waals surface area contributed by atoms with E-state index in [1.54, 1.807) is 18.5 Å². The standard InChI is InChI=1S/C24H35FN8O2/c1-15(2)28-19-10-22(27-11-17(19)23(34)33-12-16(13-33)31(3)4)29-21-6-8-26-24(30-21)32-9-7-20(35-5)18(25)14-32/h6,8,10-11,15-16,18,20H,7,9,12-14H2,1-5H3,(H2,26,27,28,29,30)/t18-,20+/m1/s1. The maximum atomic E-state index is 14.3. The zero-order valence-corrected chi connectivity index (χ0v) is 21.0. The lowest BCUT2D eigenvalue weighted by atomic mass is 10.1. The van der Waals surface area contributed by atoms with Crippen LogP contribution in [-0.4, -0.2) is 102 Å². The number of likely N-dealkylation sites (N-methyl/N-ethyl adjacent to an activating group) is 1. The van der Waals surface area contributed by atoms with Gasteiger partial charge in [-0.05, 0) is 40.4 Å². The number of ether oxygens (including phenoxy) is 1. The van der Waals surface area contributed by atoms with Crippen LogP contribution in [0.5, 0.6) is 0 Å². The fourth-order valence-electron chi connectivity index (χ4n) is 4.27. The Labute approximate surface area is 205 Å². The van der Waals surface area contributed by atoms with Crippen molar-refractivity contribution in [2.24, 2.45) is 0 Å². The lowest BCUT2D eigenvalue weighted by Gasteiger charge is -2.42. The van der Waals surface area contributed by atoms with Crippen LogP contribution in [-0.2, 0) is 4.74 Å². The second-order valence-corrected chi connectivity index (χ2v) is 9.63. The molecule has 35 heavy (non-hydrogen) atoms. The summed E-state index contributed by atoms with van der Waals surface area (Å²) in [5.74, 6) is 1.51. The number of alkyl halides is 1. The summed E-state index contributed by atoms with van der Waals surface area (Å²) in [5.41, 5.74) is 1.26. The zero-order valence-electron chi connectivity index (χ0n) is 21.0. The van der Waals surface area contributed by atoms with Crippen molar-refractivity contribution in [2.45, 2.75) is 44.6 Å². The maximum Gasteiger partial charge on any atom is 0.257 e. The van der Waals surface area contributed by atoms with E-state index < -0.39 is 12.3 Å². The van der Waals surface area contributed by atoms with Gasteiger partial charge in [0.05, 0.1) is 23.9 Å². The van der Waals surface area contributed by atoms with Crippen molar-refractivity contribution in [1.82, 2.24) is 24.8 Å². The van der Waals surface area contributed by atoms with E-state index >= 15 is 0 Å². The Balaban J connectivity index is 1.49. The lowest BCUT2D eigenvalue weighted by Crippen LogP contribution is -2.59. The summed E-state index contributed by atoms with van der Waals surface area (Å²) >= 11 is 0. The molecular weight excluding hydrogens is 451 g/mol. The van der Waals surface area contributed by atoms with Crippen molar-refractivity contribution in [1.29, 1.82) is 0 Å².